The number of aryl methyl sites for hydroxylation is 1. The summed E-state index contributed by atoms with van der Waals surface area (Å²) in [5, 5.41) is 8.16. The van der Waals surface area contributed by atoms with Gasteiger partial charge in [-0.3, -0.25) is 4.98 Å². The maximum atomic E-state index is 8.16. The number of hydrogen-bond acceptors (Lipinski definition) is 4. The lowest BCUT2D eigenvalue weighted by molar-refractivity contribution is 0.351. The predicted octanol–water partition coefficient (Wildman–Crippen LogP) is 0.687. The van der Waals surface area contributed by atoms with Gasteiger partial charge in [0, 0.05) is 0 Å². The third-order valence-corrected chi connectivity index (χ3v) is 1.04. The van der Waals surface area contributed by atoms with E-state index in [9.17, 15) is 0 Å². The van der Waals surface area contributed by atoms with E-state index < -0.39 is 0 Å². The molecular formula is C7H7N3O. The second kappa shape index (κ2) is 3.52. The van der Waals surface area contributed by atoms with Gasteiger partial charge in [-0.1, -0.05) is 0 Å². The third kappa shape index (κ3) is 2.22. The quantitative estimate of drug-likeness (QED) is 0.620. The molecule has 1 heterocycles. The highest BCUT2D eigenvalue weighted by atomic mass is 16.5. The average molecular weight is 149 g/mol. The summed E-state index contributed by atoms with van der Waals surface area (Å²) in [4.78, 5) is 7.82. The summed E-state index contributed by atoms with van der Waals surface area (Å²) in [6.07, 6.45) is 3.08. The number of ether oxygens (including phenoxy) is 1. The largest absolute Gasteiger partial charge is 0.461 e. The van der Waals surface area contributed by atoms with E-state index >= 15 is 0 Å². The molecule has 0 aromatic carbocycles. The molecule has 11 heavy (non-hydrogen) atoms. The van der Waals surface area contributed by atoms with Gasteiger partial charge in [0.2, 0.25) is 5.88 Å². The molecule has 0 aliphatic carbocycles. The first-order valence-corrected chi connectivity index (χ1v) is 3.11. The van der Waals surface area contributed by atoms with E-state index in [0.29, 0.717) is 5.88 Å². The molecule has 4 heteroatoms. The molecule has 1 aromatic rings. The fourth-order valence-corrected chi connectivity index (χ4v) is 0.561. The monoisotopic (exact) mass is 149 g/mol. The zero-order chi connectivity index (χ0) is 8.10. The lowest BCUT2D eigenvalue weighted by atomic mass is 10.5. The minimum absolute atomic E-state index is 0.0116. The van der Waals surface area contributed by atoms with E-state index in [1.165, 1.54) is 6.20 Å². The minimum atomic E-state index is 0.0116. The van der Waals surface area contributed by atoms with Crippen LogP contribution in [0.3, 0.4) is 0 Å². The number of nitrogens with zero attached hydrogens (tertiary/aromatic N) is 3. The maximum absolute atomic E-state index is 8.16. The van der Waals surface area contributed by atoms with E-state index in [4.69, 9.17) is 10.00 Å². The summed E-state index contributed by atoms with van der Waals surface area (Å²) in [5.41, 5.74) is 0.828. The molecule has 0 saturated heterocycles. The highest BCUT2D eigenvalue weighted by Gasteiger charge is 1.92. The molecule has 1 aromatic heterocycles. The summed E-state index contributed by atoms with van der Waals surface area (Å²) in [5.74, 6) is 0.386. The van der Waals surface area contributed by atoms with Gasteiger partial charge in [0.15, 0.2) is 6.61 Å². The topological polar surface area (TPSA) is 58.8 Å². The second-order valence-electron chi connectivity index (χ2n) is 1.94. The zero-order valence-electron chi connectivity index (χ0n) is 6.11. The van der Waals surface area contributed by atoms with Crippen molar-refractivity contribution in [3.63, 3.8) is 0 Å². The maximum Gasteiger partial charge on any atom is 0.233 e. The van der Waals surface area contributed by atoms with Crippen molar-refractivity contribution in [2.75, 3.05) is 6.61 Å². The molecular weight excluding hydrogens is 142 g/mol. The van der Waals surface area contributed by atoms with Crippen molar-refractivity contribution < 1.29 is 4.74 Å². The van der Waals surface area contributed by atoms with Crippen LogP contribution in [0.5, 0.6) is 5.88 Å². The summed E-state index contributed by atoms with van der Waals surface area (Å²) >= 11 is 0. The van der Waals surface area contributed by atoms with Crippen molar-refractivity contribution in [1.82, 2.24) is 9.97 Å². The third-order valence-electron chi connectivity index (χ3n) is 1.04. The van der Waals surface area contributed by atoms with Crippen molar-refractivity contribution in [2.45, 2.75) is 6.92 Å². The second-order valence-corrected chi connectivity index (χ2v) is 1.94. The minimum Gasteiger partial charge on any atom is -0.461 e. The molecule has 1 rings (SSSR count). The summed E-state index contributed by atoms with van der Waals surface area (Å²) in [7, 11) is 0. The van der Waals surface area contributed by atoms with Crippen molar-refractivity contribution in [2.24, 2.45) is 0 Å². The Kier molecular flexibility index (Phi) is 2.39. The van der Waals surface area contributed by atoms with Crippen LogP contribution >= 0.6 is 0 Å². The molecule has 0 atom stereocenters. The first-order valence-electron chi connectivity index (χ1n) is 3.11. The van der Waals surface area contributed by atoms with Crippen LogP contribution in [0.15, 0.2) is 12.4 Å². The fraction of sp³-hybridized carbons (Fsp3) is 0.286. The average Bonchev–Trinajstić information content (AvgIpc) is 2.04. The molecule has 0 radical (unpaired) electrons. The van der Waals surface area contributed by atoms with Gasteiger partial charge in [0.25, 0.3) is 0 Å². The Hall–Kier alpha value is -1.63. The lowest BCUT2D eigenvalue weighted by Crippen LogP contribution is -1.96. The van der Waals surface area contributed by atoms with Crippen LogP contribution in [-0.4, -0.2) is 16.6 Å². The number of hydrogen-bond donors (Lipinski definition) is 0. The first kappa shape index (κ1) is 7.48. The van der Waals surface area contributed by atoms with Crippen LogP contribution in [0, 0.1) is 18.3 Å². The summed E-state index contributed by atoms with van der Waals surface area (Å²) in [6, 6.07) is 1.84. The van der Waals surface area contributed by atoms with Crippen LogP contribution in [0.2, 0.25) is 0 Å². The Morgan fingerprint density at radius 1 is 1.55 bits per heavy atom. The summed E-state index contributed by atoms with van der Waals surface area (Å²) in [6.45, 7) is 1.85. The Bertz CT molecular complexity index is 262. The van der Waals surface area contributed by atoms with Crippen LogP contribution in [0.25, 0.3) is 0 Å². The van der Waals surface area contributed by atoms with Gasteiger partial charge in [-0.2, -0.15) is 5.26 Å². The van der Waals surface area contributed by atoms with Gasteiger partial charge < -0.3 is 4.74 Å². The van der Waals surface area contributed by atoms with Gasteiger partial charge in [-0.05, 0) is 6.92 Å². The van der Waals surface area contributed by atoms with Crippen LogP contribution < -0.4 is 4.74 Å². The molecule has 56 valence electrons. The molecule has 0 bridgehead atoms. The molecule has 0 amide bonds. The molecule has 0 aliphatic heterocycles. The normalized spacial score (nSPS) is 8.73. The van der Waals surface area contributed by atoms with E-state index in [1.807, 2.05) is 13.0 Å². The van der Waals surface area contributed by atoms with E-state index in [1.54, 1.807) is 6.20 Å². The first-order chi connectivity index (χ1) is 5.33. The molecule has 0 aliphatic rings. The molecule has 0 fully saturated rings. The van der Waals surface area contributed by atoms with Gasteiger partial charge >= 0.3 is 0 Å². The van der Waals surface area contributed by atoms with Crippen LogP contribution in [0.4, 0.5) is 0 Å². The standard InChI is InChI=1S/C7H7N3O/c1-6-4-10-7(5-9-6)11-3-2-8/h4-5H,3H2,1H3. The van der Waals surface area contributed by atoms with Crippen molar-refractivity contribution in [3.05, 3.63) is 18.1 Å². The number of aromatic nitrogens is 2. The van der Waals surface area contributed by atoms with E-state index in [0.717, 1.165) is 5.69 Å². The van der Waals surface area contributed by atoms with Gasteiger partial charge in [-0.15, -0.1) is 0 Å². The van der Waals surface area contributed by atoms with Crippen molar-refractivity contribution in [3.8, 4) is 11.9 Å². The van der Waals surface area contributed by atoms with E-state index in [2.05, 4.69) is 9.97 Å². The number of rotatable bonds is 2. The van der Waals surface area contributed by atoms with Gasteiger partial charge in [0.05, 0.1) is 18.1 Å². The molecule has 0 N–H and O–H groups in total. The lowest BCUT2D eigenvalue weighted by Gasteiger charge is -1.97. The molecule has 0 unspecified atom stereocenters. The molecule has 4 nitrogen and oxygen atoms in total. The van der Waals surface area contributed by atoms with Crippen molar-refractivity contribution in [1.29, 1.82) is 5.26 Å². The Balaban J connectivity index is 2.60. The predicted molar refractivity (Wildman–Crippen MR) is 37.9 cm³/mol. The fourth-order valence-electron chi connectivity index (χ4n) is 0.561. The highest BCUT2D eigenvalue weighted by Crippen LogP contribution is 2.01. The van der Waals surface area contributed by atoms with Gasteiger partial charge in [0.1, 0.15) is 6.07 Å². The molecule has 0 saturated carbocycles. The smallest absolute Gasteiger partial charge is 0.233 e. The molecule has 0 spiro atoms. The zero-order valence-corrected chi connectivity index (χ0v) is 6.11. The number of nitriles is 1. The SMILES string of the molecule is Cc1cnc(OCC#N)cn1. The van der Waals surface area contributed by atoms with Crippen LogP contribution in [-0.2, 0) is 0 Å². The Labute approximate surface area is 64.5 Å². The summed E-state index contributed by atoms with van der Waals surface area (Å²) < 4.78 is 4.88. The van der Waals surface area contributed by atoms with E-state index in [-0.39, 0.29) is 6.61 Å². The Morgan fingerprint density at radius 3 is 2.91 bits per heavy atom. The van der Waals surface area contributed by atoms with Crippen LogP contribution in [0.1, 0.15) is 5.69 Å². The highest BCUT2D eigenvalue weighted by molar-refractivity contribution is 5.06. The van der Waals surface area contributed by atoms with Gasteiger partial charge in [-0.25, -0.2) is 4.98 Å². The van der Waals surface area contributed by atoms with Crippen molar-refractivity contribution >= 4 is 0 Å². The Morgan fingerprint density at radius 2 is 2.36 bits per heavy atom.